The van der Waals surface area contributed by atoms with Gasteiger partial charge in [-0.15, -0.1) is 0 Å². The normalized spacial score (nSPS) is 22.0. The second kappa shape index (κ2) is 6.87. The summed E-state index contributed by atoms with van der Waals surface area (Å²) >= 11 is 0. The number of hydrogen-bond donors (Lipinski definition) is 0. The molecule has 0 saturated carbocycles. The number of rotatable bonds is 4. The van der Waals surface area contributed by atoms with Crippen molar-refractivity contribution in [3.05, 3.63) is 65.1 Å². The largest absolute Gasteiger partial charge is 0.356 e. The third-order valence-corrected chi connectivity index (χ3v) is 5.94. The molecule has 28 heavy (non-hydrogen) atoms. The van der Waals surface area contributed by atoms with Gasteiger partial charge in [0.15, 0.2) is 5.82 Å². The van der Waals surface area contributed by atoms with Crippen LogP contribution in [-0.2, 0) is 13.6 Å². The van der Waals surface area contributed by atoms with Gasteiger partial charge in [-0.2, -0.15) is 5.10 Å². The van der Waals surface area contributed by atoms with Crippen molar-refractivity contribution in [3.63, 3.8) is 0 Å². The van der Waals surface area contributed by atoms with E-state index < -0.39 is 0 Å². The number of likely N-dealkylation sites (tertiary alicyclic amines) is 1. The van der Waals surface area contributed by atoms with Gasteiger partial charge in [-0.3, -0.25) is 9.69 Å². The predicted molar refractivity (Wildman–Crippen MR) is 105 cm³/mol. The van der Waals surface area contributed by atoms with Crippen LogP contribution in [0.5, 0.6) is 0 Å². The Hall–Kier alpha value is -3.00. The summed E-state index contributed by atoms with van der Waals surface area (Å²) in [5, 5.41) is 4.25. The standard InChI is InChI=1S/C20H23N7O/c1-24-17(4-2-5-20(24)28)13-25-9-15-11-26(12-16(15)10-25)18-8-19(22-14-21-18)27-7-3-6-23-27/h2-8,14-16H,9-13H2,1H3. The maximum absolute atomic E-state index is 11.8. The van der Waals surface area contributed by atoms with Gasteiger partial charge in [-0.1, -0.05) is 6.07 Å². The number of anilines is 1. The van der Waals surface area contributed by atoms with Crippen LogP contribution in [0.25, 0.3) is 5.82 Å². The third-order valence-electron chi connectivity index (χ3n) is 5.94. The highest BCUT2D eigenvalue weighted by atomic mass is 16.1. The Bertz CT molecular complexity index is 1020. The summed E-state index contributed by atoms with van der Waals surface area (Å²) in [6, 6.07) is 9.39. The first-order valence-electron chi connectivity index (χ1n) is 9.61. The summed E-state index contributed by atoms with van der Waals surface area (Å²) < 4.78 is 3.51. The zero-order valence-electron chi connectivity index (χ0n) is 15.8. The molecule has 2 atom stereocenters. The highest BCUT2D eigenvalue weighted by molar-refractivity contribution is 5.44. The molecule has 0 aliphatic carbocycles. The Morgan fingerprint density at radius 1 is 1.04 bits per heavy atom. The van der Waals surface area contributed by atoms with Crippen LogP contribution < -0.4 is 10.5 Å². The molecule has 8 nitrogen and oxygen atoms in total. The number of hydrogen-bond acceptors (Lipinski definition) is 6. The van der Waals surface area contributed by atoms with E-state index in [0.717, 1.165) is 50.1 Å². The van der Waals surface area contributed by atoms with Crippen molar-refractivity contribution < 1.29 is 0 Å². The van der Waals surface area contributed by atoms with Crippen molar-refractivity contribution in [2.75, 3.05) is 31.1 Å². The van der Waals surface area contributed by atoms with Crippen LogP contribution in [0.1, 0.15) is 5.69 Å². The van der Waals surface area contributed by atoms with Gasteiger partial charge in [0.1, 0.15) is 12.1 Å². The average Bonchev–Trinajstić information content (AvgIpc) is 3.42. The van der Waals surface area contributed by atoms with E-state index in [0.29, 0.717) is 11.8 Å². The van der Waals surface area contributed by atoms with Crippen LogP contribution in [-0.4, -0.2) is 55.4 Å². The third kappa shape index (κ3) is 3.09. The molecule has 3 aromatic heterocycles. The van der Waals surface area contributed by atoms with E-state index in [1.54, 1.807) is 27.8 Å². The van der Waals surface area contributed by atoms with Gasteiger partial charge in [-0.25, -0.2) is 14.6 Å². The van der Waals surface area contributed by atoms with E-state index in [4.69, 9.17) is 0 Å². The van der Waals surface area contributed by atoms with Crippen LogP contribution in [0.4, 0.5) is 5.82 Å². The molecule has 3 aromatic rings. The lowest BCUT2D eigenvalue weighted by atomic mass is 10.0. The highest BCUT2D eigenvalue weighted by Crippen LogP contribution is 2.34. The van der Waals surface area contributed by atoms with Crippen molar-refractivity contribution in [2.24, 2.45) is 18.9 Å². The van der Waals surface area contributed by atoms with E-state index in [1.807, 2.05) is 37.5 Å². The predicted octanol–water partition coefficient (Wildman–Crippen LogP) is 0.929. The van der Waals surface area contributed by atoms with Crippen LogP contribution in [0.3, 0.4) is 0 Å². The Morgan fingerprint density at radius 3 is 2.57 bits per heavy atom. The van der Waals surface area contributed by atoms with E-state index >= 15 is 0 Å². The molecular formula is C20H23N7O. The number of pyridine rings is 1. The lowest BCUT2D eigenvalue weighted by molar-refractivity contribution is 0.300. The van der Waals surface area contributed by atoms with Crippen molar-refractivity contribution in [3.8, 4) is 5.82 Å². The summed E-state index contributed by atoms with van der Waals surface area (Å²) in [4.78, 5) is 25.5. The maximum atomic E-state index is 11.8. The van der Waals surface area contributed by atoms with E-state index in [2.05, 4.69) is 24.9 Å². The Morgan fingerprint density at radius 2 is 1.82 bits per heavy atom. The summed E-state index contributed by atoms with van der Waals surface area (Å²) in [7, 11) is 1.85. The van der Waals surface area contributed by atoms with Gasteiger partial charge in [0, 0.05) is 70.0 Å². The van der Waals surface area contributed by atoms with Crippen LogP contribution in [0, 0.1) is 11.8 Å². The van der Waals surface area contributed by atoms with E-state index in [-0.39, 0.29) is 5.56 Å². The molecule has 0 amide bonds. The summed E-state index contributed by atoms with van der Waals surface area (Å²) in [6.45, 7) is 4.95. The number of aromatic nitrogens is 5. The van der Waals surface area contributed by atoms with Gasteiger partial charge in [0.25, 0.3) is 0 Å². The molecule has 5 heterocycles. The number of nitrogens with zero attached hydrogens (tertiary/aromatic N) is 7. The highest BCUT2D eigenvalue weighted by Gasteiger charge is 2.40. The quantitative estimate of drug-likeness (QED) is 0.674. The smallest absolute Gasteiger partial charge is 0.250 e. The lowest BCUT2D eigenvalue weighted by Gasteiger charge is -2.23. The summed E-state index contributed by atoms with van der Waals surface area (Å²) in [5.74, 6) is 3.01. The van der Waals surface area contributed by atoms with Gasteiger partial charge in [0.2, 0.25) is 5.56 Å². The average molecular weight is 377 g/mol. The molecule has 2 saturated heterocycles. The molecule has 144 valence electrons. The molecular weight excluding hydrogens is 354 g/mol. The van der Waals surface area contributed by atoms with E-state index in [9.17, 15) is 4.79 Å². The number of fused-ring (bicyclic) bond motifs is 1. The fourth-order valence-electron chi connectivity index (χ4n) is 4.44. The molecule has 2 aliphatic rings. The van der Waals surface area contributed by atoms with E-state index in [1.165, 1.54) is 0 Å². The van der Waals surface area contributed by atoms with Gasteiger partial charge in [0.05, 0.1) is 0 Å². The minimum Gasteiger partial charge on any atom is -0.356 e. The summed E-state index contributed by atoms with van der Waals surface area (Å²) in [6.07, 6.45) is 5.25. The Kier molecular flexibility index (Phi) is 4.20. The van der Waals surface area contributed by atoms with Crippen molar-refractivity contribution >= 4 is 5.82 Å². The topological polar surface area (TPSA) is 72.1 Å². The zero-order chi connectivity index (χ0) is 19.1. The first-order chi connectivity index (χ1) is 13.7. The Balaban J connectivity index is 1.26. The SMILES string of the molecule is Cn1c(CN2CC3CN(c4cc(-n5cccn5)ncn4)CC3C2)cccc1=O. The Labute approximate surface area is 163 Å². The minimum atomic E-state index is 0.0554. The first-order valence-corrected chi connectivity index (χ1v) is 9.61. The van der Waals surface area contributed by atoms with Crippen LogP contribution >= 0.6 is 0 Å². The lowest BCUT2D eigenvalue weighted by Crippen LogP contribution is -2.31. The molecule has 2 aliphatic heterocycles. The van der Waals surface area contributed by atoms with Gasteiger partial charge < -0.3 is 9.47 Å². The van der Waals surface area contributed by atoms with Gasteiger partial charge in [-0.05, 0) is 24.0 Å². The maximum Gasteiger partial charge on any atom is 0.250 e. The van der Waals surface area contributed by atoms with Crippen LogP contribution in [0.2, 0.25) is 0 Å². The molecule has 5 rings (SSSR count). The van der Waals surface area contributed by atoms with Crippen molar-refractivity contribution in [1.82, 2.24) is 29.2 Å². The minimum absolute atomic E-state index is 0.0554. The molecule has 0 N–H and O–H groups in total. The molecule has 8 heteroatoms. The second-order valence-corrected chi connectivity index (χ2v) is 7.72. The molecule has 2 unspecified atom stereocenters. The molecule has 0 aromatic carbocycles. The first kappa shape index (κ1) is 17.1. The second-order valence-electron chi connectivity index (χ2n) is 7.72. The van der Waals surface area contributed by atoms with Crippen LogP contribution in [0.15, 0.2) is 53.8 Å². The monoisotopic (exact) mass is 377 g/mol. The zero-order valence-corrected chi connectivity index (χ0v) is 15.8. The molecule has 0 radical (unpaired) electrons. The van der Waals surface area contributed by atoms with Crippen molar-refractivity contribution in [1.29, 1.82) is 0 Å². The molecule has 0 bridgehead atoms. The molecule has 2 fully saturated rings. The fraction of sp³-hybridized carbons (Fsp3) is 0.400. The molecule has 0 spiro atoms. The van der Waals surface area contributed by atoms with Crippen molar-refractivity contribution in [2.45, 2.75) is 6.54 Å². The fourth-order valence-corrected chi connectivity index (χ4v) is 4.44. The van der Waals surface area contributed by atoms with Gasteiger partial charge >= 0.3 is 0 Å². The summed E-state index contributed by atoms with van der Waals surface area (Å²) in [5.41, 5.74) is 1.13.